The number of phenolic OH excluding ortho intramolecular Hbond substituents is 1. The molecule has 0 atom stereocenters. The summed E-state index contributed by atoms with van der Waals surface area (Å²) in [6, 6.07) is 1.89. The molecule has 1 aliphatic heterocycles. The van der Waals surface area contributed by atoms with E-state index in [2.05, 4.69) is 10.2 Å². The Bertz CT molecular complexity index is 392. The van der Waals surface area contributed by atoms with Crippen LogP contribution >= 0.6 is 0 Å². The molecule has 3 nitrogen and oxygen atoms in total. The largest absolute Gasteiger partial charge is 0.505 e. The molecule has 0 aliphatic carbocycles. The van der Waals surface area contributed by atoms with Gasteiger partial charge >= 0.3 is 0 Å². The lowest BCUT2D eigenvalue weighted by molar-refractivity contribution is 0.243. The summed E-state index contributed by atoms with van der Waals surface area (Å²) in [5.41, 5.74) is 0.334. The molecule has 1 aromatic carbocycles. The van der Waals surface area contributed by atoms with Crippen molar-refractivity contribution in [3.8, 4) is 5.75 Å². The van der Waals surface area contributed by atoms with Gasteiger partial charge < -0.3 is 15.3 Å². The van der Waals surface area contributed by atoms with Crippen molar-refractivity contribution in [3.05, 3.63) is 29.3 Å². The van der Waals surface area contributed by atoms with E-state index in [1.807, 2.05) is 0 Å². The second-order valence-corrected chi connectivity index (χ2v) is 4.24. The highest BCUT2D eigenvalue weighted by Crippen LogP contribution is 2.23. The second kappa shape index (κ2) is 5.42. The smallest absolute Gasteiger partial charge is 0.168 e. The molecule has 0 unspecified atom stereocenters. The fraction of sp³-hybridized carbons (Fsp3) is 0.500. The summed E-state index contributed by atoms with van der Waals surface area (Å²) in [4.78, 5) is 2.21. The lowest BCUT2D eigenvalue weighted by Crippen LogP contribution is -2.44. The van der Waals surface area contributed by atoms with Crippen LogP contribution in [0.1, 0.15) is 5.56 Å². The van der Waals surface area contributed by atoms with Gasteiger partial charge in [0.05, 0.1) is 0 Å². The zero-order valence-corrected chi connectivity index (χ0v) is 9.55. The average Bonchev–Trinajstić information content (AvgIpc) is 2.33. The van der Waals surface area contributed by atoms with Crippen molar-refractivity contribution >= 4 is 0 Å². The van der Waals surface area contributed by atoms with Gasteiger partial charge in [0.2, 0.25) is 0 Å². The Morgan fingerprint density at radius 1 is 1.24 bits per heavy atom. The standard InChI is InChI=1S/C12H16F2N2O/c13-10-7-9(12(17)11(14)8-10)1-4-16-5-2-15-3-6-16/h7-8,15,17H,1-6H2. The van der Waals surface area contributed by atoms with E-state index in [0.717, 1.165) is 26.2 Å². The zero-order valence-electron chi connectivity index (χ0n) is 9.55. The van der Waals surface area contributed by atoms with Gasteiger partial charge in [-0.25, -0.2) is 8.78 Å². The van der Waals surface area contributed by atoms with Crippen LogP contribution in [-0.4, -0.2) is 42.7 Å². The number of nitrogens with zero attached hydrogens (tertiary/aromatic N) is 1. The van der Waals surface area contributed by atoms with Crippen LogP contribution in [0.15, 0.2) is 12.1 Å². The van der Waals surface area contributed by atoms with Crippen molar-refractivity contribution in [2.24, 2.45) is 0 Å². The molecule has 94 valence electrons. The van der Waals surface area contributed by atoms with Gasteiger partial charge in [-0.15, -0.1) is 0 Å². The summed E-state index contributed by atoms with van der Waals surface area (Å²) in [7, 11) is 0. The fourth-order valence-corrected chi connectivity index (χ4v) is 2.02. The molecule has 2 N–H and O–H groups in total. The van der Waals surface area contributed by atoms with Gasteiger partial charge in [-0.05, 0) is 12.5 Å². The predicted octanol–water partition coefficient (Wildman–Crippen LogP) is 1.12. The first-order valence-corrected chi connectivity index (χ1v) is 5.77. The Morgan fingerprint density at radius 2 is 1.94 bits per heavy atom. The number of halogens is 2. The maximum Gasteiger partial charge on any atom is 0.168 e. The highest BCUT2D eigenvalue weighted by molar-refractivity contribution is 5.34. The van der Waals surface area contributed by atoms with Gasteiger partial charge in [0, 0.05) is 44.4 Å². The minimum Gasteiger partial charge on any atom is -0.505 e. The molecule has 1 aliphatic rings. The topological polar surface area (TPSA) is 35.5 Å². The summed E-state index contributed by atoms with van der Waals surface area (Å²) in [5.74, 6) is -1.96. The Morgan fingerprint density at radius 3 is 2.65 bits per heavy atom. The van der Waals surface area contributed by atoms with E-state index in [4.69, 9.17) is 0 Å². The summed E-state index contributed by atoms with van der Waals surface area (Å²) >= 11 is 0. The third kappa shape index (κ3) is 3.14. The quantitative estimate of drug-likeness (QED) is 0.833. The molecule has 0 amide bonds. The van der Waals surface area contributed by atoms with Crippen LogP contribution in [-0.2, 0) is 6.42 Å². The summed E-state index contributed by atoms with van der Waals surface area (Å²) in [5, 5.41) is 12.7. The highest BCUT2D eigenvalue weighted by atomic mass is 19.1. The number of rotatable bonds is 3. The summed E-state index contributed by atoms with van der Waals surface area (Å²) < 4.78 is 26.1. The Kier molecular flexibility index (Phi) is 3.91. The highest BCUT2D eigenvalue weighted by Gasteiger charge is 2.13. The molecule has 2 rings (SSSR count). The molecule has 17 heavy (non-hydrogen) atoms. The first-order chi connectivity index (χ1) is 8.16. The van der Waals surface area contributed by atoms with E-state index in [1.165, 1.54) is 6.07 Å². The molecular weight excluding hydrogens is 226 g/mol. The molecule has 1 fully saturated rings. The van der Waals surface area contributed by atoms with Crippen LogP contribution < -0.4 is 5.32 Å². The van der Waals surface area contributed by atoms with Crippen LogP contribution in [0.25, 0.3) is 0 Å². The zero-order chi connectivity index (χ0) is 12.3. The SMILES string of the molecule is Oc1c(F)cc(F)cc1CCN1CCNCC1. The lowest BCUT2D eigenvalue weighted by Gasteiger charge is -2.27. The van der Waals surface area contributed by atoms with Crippen LogP contribution in [0.3, 0.4) is 0 Å². The van der Waals surface area contributed by atoms with Gasteiger partial charge in [-0.3, -0.25) is 0 Å². The predicted molar refractivity (Wildman–Crippen MR) is 61.0 cm³/mol. The van der Waals surface area contributed by atoms with E-state index in [9.17, 15) is 13.9 Å². The number of hydrogen-bond acceptors (Lipinski definition) is 3. The van der Waals surface area contributed by atoms with Crippen molar-refractivity contribution in [2.45, 2.75) is 6.42 Å². The maximum absolute atomic E-state index is 13.1. The first kappa shape index (κ1) is 12.3. The summed E-state index contributed by atoms with van der Waals surface area (Å²) in [6.07, 6.45) is 0.459. The monoisotopic (exact) mass is 242 g/mol. The van der Waals surface area contributed by atoms with Crippen molar-refractivity contribution in [1.82, 2.24) is 10.2 Å². The Hall–Kier alpha value is -1.20. The molecular formula is C12H16F2N2O. The second-order valence-electron chi connectivity index (χ2n) is 4.24. The van der Waals surface area contributed by atoms with Crippen molar-refractivity contribution in [1.29, 1.82) is 0 Å². The van der Waals surface area contributed by atoms with E-state index in [1.54, 1.807) is 0 Å². The number of nitrogens with one attached hydrogen (secondary N) is 1. The molecule has 1 aromatic rings. The molecule has 1 saturated heterocycles. The minimum atomic E-state index is -0.889. The number of aromatic hydroxyl groups is 1. The van der Waals surface area contributed by atoms with Crippen LogP contribution in [0.4, 0.5) is 8.78 Å². The number of phenols is 1. The Labute approximate surface area is 99.1 Å². The third-order valence-electron chi connectivity index (χ3n) is 3.01. The van der Waals surface area contributed by atoms with Crippen molar-refractivity contribution in [3.63, 3.8) is 0 Å². The van der Waals surface area contributed by atoms with E-state index >= 15 is 0 Å². The molecule has 0 radical (unpaired) electrons. The normalized spacial score (nSPS) is 17.3. The van der Waals surface area contributed by atoms with Crippen LogP contribution in [0.5, 0.6) is 5.75 Å². The fourth-order valence-electron chi connectivity index (χ4n) is 2.02. The number of benzene rings is 1. The average molecular weight is 242 g/mol. The molecule has 0 spiro atoms. The molecule has 5 heteroatoms. The molecule has 0 aromatic heterocycles. The number of hydrogen-bond donors (Lipinski definition) is 2. The first-order valence-electron chi connectivity index (χ1n) is 5.77. The molecule has 0 saturated carbocycles. The minimum absolute atomic E-state index is 0.334. The van der Waals surface area contributed by atoms with E-state index < -0.39 is 17.4 Å². The van der Waals surface area contributed by atoms with Crippen LogP contribution in [0, 0.1) is 11.6 Å². The Balaban J connectivity index is 1.98. The third-order valence-corrected chi connectivity index (χ3v) is 3.01. The summed E-state index contributed by atoms with van der Waals surface area (Å²) in [6.45, 7) is 4.43. The van der Waals surface area contributed by atoms with Gasteiger partial charge in [-0.2, -0.15) is 0 Å². The van der Waals surface area contributed by atoms with E-state index in [-0.39, 0.29) is 0 Å². The maximum atomic E-state index is 13.1. The van der Waals surface area contributed by atoms with Crippen molar-refractivity contribution in [2.75, 3.05) is 32.7 Å². The van der Waals surface area contributed by atoms with E-state index in [0.29, 0.717) is 24.6 Å². The lowest BCUT2D eigenvalue weighted by atomic mass is 10.1. The molecule has 1 heterocycles. The van der Waals surface area contributed by atoms with Gasteiger partial charge in [0.15, 0.2) is 11.6 Å². The van der Waals surface area contributed by atoms with Crippen molar-refractivity contribution < 1.29 is 13.9 Å². The van der Waals surface area contributed by atoms with Crippen LogP contribution in [0.2, 0.25) is 0 Å². The van der Waals surface area contributed by atoms with Gasteiger partial charge in [0.1, 0.15) is 5.82 Å². The number of piperazine rings is 1. The van der Waals surface area contributed by atoms with Gasteiger partial charge in [0.25, 0.3) is 0 Å². The molecule has 0 bridgehead atoms. The van der Waals surface area contributed by atoms with Gasteiger partial charge in [-0.1, -0.05) is 0 Å².